The molecule has 4 nitrogen and oxygen atoms in total. The number of hydrogen-bond donors (Lipinski definition) is 1. The molecule has 0 spiro atoms. The summed E-state index contributed by atoms with van der Waals surface area (Å²) in [6.07, 6.45) is 8.00. The van der Waals surface area contributed by atoms with Crippen molar-refractivity contribution in [3.63, 3.8) is 0 Å². The molecule has 2 fully saturated rings. The monoisotopic (exact) mass is 309 g/mol. The van der Waals surface area contributed by atoms with Crippen LogP contribution in [0.15, 0.2) is 0 Å². The molecule has 0 aromatic heterocycles. The van der Waals surface area contributed by atoms with E-state index in [2.05, 4.69) is 35.9 Å². The van der Waals surface area contributed by atoms with E-state index < -0.39 is 0 Å². The molecule has 0 aliphatic carbocycles. The summed E-state index contributed by atoms with van der Waals surface area (Å²) in [6, 6.07) is 0.667. The first-order chi connectivity index (χ1) is 10.6. The van der Waals surface area contributed by atoms with Gasteiger partial charge in [-0.1, -0.05) is 26.7 Å². The van der Waals surface area contributed by atoms with Crippen LogP contribution in [-0.4, -0.2) is 60.5 Å². The largest absolute Gasteiger partial charge is 0.354 e. The van der Waals surface area contributed by atoms with Gasteiger partial charge in [0.15, 0.2) is 0 Å². The molecule has 128 valence electrons. The van der Waals surface area contributed by atoms with Crippen molar-refractivity contribution < 1.29 is 4.79 Å². The molecular formula is C18H35N3O. The van der Waals surface area contributed by atoms with Crippen molar-refractivity contribution in [1.29, 1.82) is 0 Å². The smallest absolute Gasteiger partial charge is 0.237 e. The SMILES string of the molecule is CC(C)CNC(=O)[C@@H](C)N1CCC[C@H](N2CCCCCC2)C1. The number of nitrogens with one attached hydrogen (secondary N) is 1. The van der Waals surface area contributed by atoms with E-state index in [0.29, 0.717) is 12.0 Å². The highest BCUT2D eigenvalue weighted by Gasteiger charge is 2.30. The van der Waals surface area contributed by atoms with Crippen molar-refractivity contribution in [3.8, 4) is 0 Å². The van der Waals surface area contributed by atoms with Crippen LogP contribution in [0, 0.1) is 5.92 Å². The first-order valence-electron chi connectivity index (χ1n) is 9.33. The highest BCUT2D eigenvalue weighted by molar-refractivity contribution is 5.81. The lowest BCUT2D eigenvalue weighted by molar-refractivity contribution is -0.126. The van der Waals surface area contributed by atoms with Gasteiger partial charge in [0, 0.05) is 19.1 Å². The molecule has 2 aliphatic rings. The molecule has 0 unspecified atom stereocenters. The fourth-order valence-corrected chi connectivity index (χ4v) is 3.71. The number of piperidine rings is 1. The van der Waals surface area contributed by atoms with Crippen LogP contribution >= 0.6 is 0 Å². The number of carbonyl (C=O) groups is 1. The molecule has 4 heteroatoms. The fraction of sp³-hybridized carbons (Fsp3) is 0.944. The minimum absolute atomic E-state index is 0.00790. The maximum atomic E-state index is 12.3. The number of amides is 1. The van der Waals surface area contributed by atoms with E-state index >= 15 is 0 Å². The van der Waals surface area contributed by atoms with Crippen LogP contribution in [-0.2, 0) is 4.79 Å². The maximum Gasteiger partial charge on any atom is 0.237 e. The van der Waals surface area contributed by atoms with Crippen LogP contribution in [0.1, 0.15) is 59.3 Å². The Balaban J connectivity index is 1.84. The molecule has 2 aliphatic heterocycles. The van der Waals surface area contributed by atoms with Crippen molar-refractivity contribution in [2.45, 2.75) is 71.4 Å². The van der Waals surface area contributed by atoms with Crippen LogP contribution < -0.4 is 5.32 Å². The van der Waals surface area contributed by atoms with Gasteiger partial charge in [0.05, 0.1) is 6.04 Å². The molecule has 0 bridgehead atoms. The normalized spacial score (nSPS) is 26.6. The Hall–Kier alpha value is -0.610. The average Bonchev–Trinajstić information content (AvgIpc) is 2.81. The maximum absolute atomic E-state index is 12.3. The molecule has 0 radical (unpaired) electrons. The third-order valence-electron chi connectivity index (χ3n) is 5.20. The van der Waals surface area contributed by atoms with Crippen LogP contribution in [0.25, 0.3) is 0 Å². The molecule has 0 aromatic carbocycles. The average molecular weight is 309 g/mol. The number of rotatable bonds is 5. The lowest BCUT2D eigenvalue weighted by atomic mass is 10.0. The second-order valence-corrected chi connectivity index (χ2v) is 7.56. The molecule has 2 atom stereocenters. The van der Waals surface area contributed by atoms with E-state index in [1.807, 2.05) is 0 Å². The predicted molar refractivity (Wildman–Crippen MR) is 91.9 cm³/mol. The number of nitrogens with zero attached hydrogens (tertiary/aromatic N) is 2. The van der Waals surface area contributed by atoms with E-state index in [9.17, 15) is 4.79 Å². The highest BCUT2D eigenvalue weighted by Crippen LogP contribution is 2.21. The summed E-state index contributed by atoms with van der Waals surface area (Å²) in [7, 11) is 0. The van der Waals surface area contributed by atoms with E-state index in [1.165, 1.54) is 51.6 Å². The molecule has 2 saturated heterocycles. The topological polar surface area (TPSA) is 35.6 Å². The lowest BCUT2D eigenvalue weighted by Gasteiger charge is -2.41. The van der Waals surface area contributed by atoms with Crippen LogP contribution in [0.4, 0.5) is 0 Å². The minimum Gasteiger partial charge on any atom is -0.354 e. The first-order valence-corrected chi connectivity index (χ1v) is 9.33. The van der Waals surface area contributed by atoms with Crippen LogP contribution in [0.2, 0.25) is 0 Å². The van der Waals surface area contributed by atoms with E-state index in [-0.39, 0.29) is 11.9 Å². The van der Waals surface area contributed by atoms with Gasteiger partial charge in [0.2, 0.25) is 5.91 Å². The van der Waals surface area contributed by atoms with Crippen molar-refractivity contribution in [3.05, 3.63) is 0 Å². The van der Waals surface area contributed by atoms with Gasteiger partial charge in [-0.2, -0.15) is 0 Å². The summed E-state index contributed by atoms with van der Waals surface area (Å²) in [5.74, 6) is 0.715. The summed E-state index contributed by atoms with van der Waals surface area (Å²) in [5, 5.41) is 3.09. The summed E-state index contributed by atoms with van der Waals surface area (Å²) in [6.45, 7) is 11.8. The Labute approximate surface area is 136 Å². The minimum atomic E-state index is 0.00790. The number of likely N-dealkylation sites (tertiary alicyclic amines) is 2. The molecule has 0 aromatic rings. The van der Waals surface area contributed by atoms with Gasteiger partial charge in [0.1, 0.15) is 0 Å². The van der Waals surface area contributed by atoms with E-state index in [0.717, 1.165) is 19.6 Å². The van der Waals surface area contributed by atoms with Gasteiger partial charge in [-0.25, -0.2) is 0 Å². The Kier molecular flexibility index (Phi) is 7.16. The predicted octanol–water partition coefficient (Wildman–Crippen LogP) is 2.49. The van der Waals surface area contributed by atoms with Crippen molar-refractivity contribution in [2.24, 2.45) is 5.92 Å². The van der Waals surface area contributed by atoms with Gasteiger partial charge >= 0.3 is 0 Å². The van der Waals surface area contributed by atoms with Crippen molar-refractivity contribution >= 4 is 5.91 Å². The Morgan fingerprint density at radius 1 is 1.05 bits per heavy atom. The molecule has 1 N–H and O–H groups in total. The van der Waals surface area contributed by atoms with Gasteiger partial charge in [-0.05, 0) is 58.2 Å². The van der Waals surface area contributed by atoms with E-state index in [4.69, 9.17) is 0 Å². The quantitative estimate of drug-likeness (QED) is 0.847. The van der Waals surface area contributed by atoms with Crippen molar-refractivity contribution in [2.75, 3.05) is 32.7 Å². The van der Waals surface area contributed by atoms with Gasteiger partial charge < -0.3 is 5.32 Å². The summed E-state index contributed by atoms with van der Waals surface area (Å²) < 4.78 is 0. The summed E-state index contributed by atoms with van der Waals surface area (Å²) >= 11 is 0. The van der Waals surface area contributed by atoms with Crippen LogP contribution in [0.5, 0.6) is 0 Å². The number of carbonyl (C=O) groups excluding carboxylic acids is 1. The van der Waals surface area contributed by atoms with Gasteiger partial charge in [-0.3, -0.25) is 14.6 Å². The molecule has 2 heterocycles. The van der Waals surface area contributed by atoms with Gasteiger partial charge in [-0.15, -0.1) is 0 Å². The summed E-state index contributed by atoms with van der Waals surface area (Å²) in [5.41, 5.74) is 0. The Morgan fingerprint density at radius 3 is 2.36 bits per heavy atom. The fourth-order valence-electron chi connectivity index (χ4n) is 3.71. The highest BCUT2D eigenvalue weighted by atomic mass is 16.2. The van der Waals surface area contributed by atoms with Gasteiger partial charge in [0.25, 0.3) is 0 Å². The Bertz CT molecular complexity index is 337. The standard InChI is InChI=1S/C18H35N3O/c1-15(2)13-19-18(22)16(3)21-12-8-9-17(14-21)20-10-6-4-5-7-11-20/h15-17H,4-14H2,1-3H3,(H,19,22)/t16-,17+/m1/s1. The van der Waals surface area contributed by atoms with E-state index in [1.54, 1.807) is 0 Å². The van der Waals surface area contributed by atoms with Crippen molar-refractivity contribution in [1.82, 2.24) is 15.1 Å². The summed E-state index contributed by atoms with van der Waals surface area (Å²) in [4.78, 5) is 17.4. The molecule has 0 saturated carbocycles. The van der Waals surface area contributed by atoms with Crippen LogP contribution in [0.3, 0.4) is 0 Å². The number of hydrogen-bond acceptors (Lipinski definition) is 3. The Morgan fingerprint density at radius 2 is 1.73 bits per heavy atom. The molecule has 2 rings (SSSR count). The zero-order chi connectivity index (χ0) is 15.9. The third-order valence-corrected chi connectivity index (χ3v) is 5.20. The first kappa shape index (κ1) is 17.7. The molecule has 1 amide bonds. The third kappa shape index (κ3) is 5.24. The zero-order valence-electron chi connectivity index (χ0n) is 14.8. The second-order valence-electron chi connectivity index (χ2n) is 7.56. The molecule has 22 heavy (non-hydrogen) atoms. The zero-order valence-corrected chi connectivity index (χ0v) is 14.8. The molecular weight excluding hydrogens is 274 g/mol. The lowest BCUT2D eigenvalue weighted by Crippen LogP contribution is -2.54. The second kappa shape index (κ2) is 8.88.